The number of anilines is 1. The van der Waals surface area contributed by atoms with Crippen LogP contribution < -0.4 is 19.7 Å². The third-order valence-electron chi connectivity index (χ3n) is 5.42. The zero-order valence-electron chi connectivity index (χ0n) is 20.1. The number of nitrogens with zero attached hydrogens (tertiary/aromatic N) is 2. The minimum Gasteiger partial charge on any atom is -0.490 e. The van der Waals surface area contributed by atoms with Crippen molar-refractivity contribution in [2.24, 2.45) is 0 Å². The number of rotatable bonds is 8. The van der Waals surface area contributed by atoms with Gasteiger partial charge in [-0.05, 0) is 83.2 Å². The Bertz CT molecular complexity index is 1550. The van der Waals surface area contributed by atoms with Crippen molar-refractivity contribution in [2.75, 3.05) is 11.5 Å². The number of nitro groups is 1. The molecule has 0 saturated carbocycles. The van der Waals surface area contributed by atoms with Crippen molar-refractivity contribution in [3.8, 4) is 11.5 Å². The molecule has 1 heterocycles. The van der Waals surface area contributed by atoms with Crippen LogP contribution in [-0.2, 0) is 16.2 Å². The SMILES string of the molecule is CCOc1cc(/C=C2\C(=O)NC(=S)N(c3cccc(Cl)c3Cl)C2=O)cc(I)c1OCc1cccc([N+](=O)[O-])c1. The largest absolute Gasteiger partial charge is 0.490 e. The molecule has 1 fully saturated rings. The van der Waals surface area contributed by atoms with Gasteiger partial charge in [-0.1, -0.05) is 41.4 Å². The van der Waals surface area contributed by atoms with Crippen LogP contribution in [0.15, 0.2) is 60.2 Å². The Hall–Kier alpha value is -3.26. The molecule has 0 aromatic heterocycles. The van der Waals surface area contributed by atoms with E-state index in [0.29, 0.717) is 32.8 Å². The van der Waals surface area contributed by atoms with Crippen LogP contribution in [-0.4, -0.2) is 28.5 Å². The van der Waals surface area contributed by atoms with Crippen molar-refractivity contribution in [2.45, 2.75) is 13.5 Å². The molecule has 0 radical (unpaired) electrons. The second-order valence-corrected chi connectivity index (χ2v) is 10.3. The smallest absolute Gasteiger partial charge is 0.270 e. The van der Waals surface area contributed by atoms with Crippen molar-refractivity contribution in [1.29, 1.82) is 0 Å². The minimum atomic E-state index is -0.674. The van der Waals surface area contributed by atoms with Crippen molar-refractivity contribution in [1.82, 2.24) is 5.32 Å². The minimum absolute atomic E-state index is 0.0409. The lowest BCUT2D eigenvalue weighted by Crippen LogP contribution is -2.54. The van der Waals surface area contributed by atoms with Crippen LogP contribution in [0.4, 0.5) is 11.4 Å². The lowest BCUT2D eigenvalue weighted by Gasteiger charge is -2.29. The molecule has 4 rings (SSSR count). The van der Waals surface area contributed by atoms with E-state index in [1.54, 1.807) is 49.4 Å². The predicted octanol–water partition coefficient (Wildman–Crippen LogP) is 6.32. The highest BCUT2D eigenvalue weighted by atomic mass is 127. The van der Waals surface area contributed by atoms with Crippen molar-refractivity contribution >= 4 is 92.4 Å². The average molecular weight is 698 g/mol. The highest BCUT2D eigenvalue weighted by Crippen LogP contribution is 2.37. The number of halogens is 3. The molecule has 9 nitrogen and oxygen atoms in total. The summed E-state index contributed by atoms with van der Waals surface area (Å²) in [6.07, 6.45) is 1.42. The fourth-order valence-corrected chi connectivity index (χ4v) is 5.13. The fourth-order valence-electron chi connectivity index (χ4n) is 3.70. The normalized spacial score (nSPS) is 14.4. The molecule has 1 aliphatic heterocycles. The molecule has 200 valence electrons. The monoisotopic (exact) mass is 697 g/mol. The maximum absolute atomic E-state index is 13.4. The highest BCUT2D eigenvalue weighted by molar-refractivity contribution is 14.1. The summed E-state index contributed by atoms with van der Waals surface area (Å²) in [5.41, 5.74) is 1.12. The van der Waals surface area contributed by atoms with Gasteiger partial charge in [-0.25, -0.2) is 0 Å². The summed E-state index contributed by atoms with van der Waals surface area (Å²) in [5, 5.41) is 13.8. The van der Waals surface area contributed by atoms with E-state index in [1.165, 1.54) is 18.2 Å². The van der Waals surface area contributed by atoms with Gasteiger partial charge in [0.05, 0.1) is 30.8 Å². The van der Waals surface area contributed by atoms with Gasteiger partial charge in [0.15, 0.2) is 16.6 Å². The first kappa shape index (κ1) is 28.7. The summed E-state index contributed by atoms with van der Waals surface area (Å²) in [5.74, 6) is -0.556. The number of amides is 2. The Labute approximate surface area is 252 Å². The number of carbonyl (C=O) groups is 2. The second-order valence-electron chi connectivity index (χ2n) is 8.01. The first-order valence-corrected chi connectivity index (χ1v) is 13.5. The fraction of sp³-hybridized carbons (Fsp3) is 0.115. The number of non-ortho nitro benzene ring substituents is 1. The number of nitrogens with one attached hydrogen (secondary N) is 1. The number of ether oxygens (including phenoxy) is 2. The molecule has 0 unspecified atom stereocenters. The Morgan fingerprint density at radius 1 is 1.13 bits per heavy atom. The second kappa shape index (κ2) is 12.3. The quantitative estimate of drug-likeness (QED) is 0.0733. The van der Waals surface area contributed by atoms with E-state index in [4.69, 9.17) is 44.9 Å². The van der Waals surface area contributed by atoms with Gasteiger partial charge in [0.1, 0.15) is 12.2 Å². The lowest BCUT2D eigenvalue weighted by atomic mass is 10.1. The van der Waals surface area contributed by atoms with Crippen molar-refractivity contribution in [3.63, 3.8) is 0 Å². The molecule has 0 spiro atoms. The molecule has 1 aliphatic rings. The molecule has 39 heavy (non-hydrogen) atoms. The van der Waals surface area contributed by atoms with Crippen LogP contribution in [0.3, 0.4) is 0 Å². The van der Waals surface area contributed by atoms with E-state index in [-0.39, 0.29) is 38.7 Å². The van der Waals surface area contributed by atoms with Gasteiger partial charge in [-0.15, -0.1) is 0 Å². The van der Waals surface area contributed by atoms with Gasteiger partial charge in [0, 0.05) is 12.1 Å². The molecule has 1 saturated heterocycles. The Balaban J connectivity index is 1.67. The van der Waals surface area contributed by atoms with Crippen molar-refractivity contribution < 1.29 is 24.0 Å². The Kier molecular flexibility index (Phi) is 9.05. The Morgan fingerprint density at radius 2 is 1.87 bits per heavy atom. The number of thiocarbonyl (C=S) groups is 1. The lowest BCUT2D eigenvalue weighted by molar-refractivity contribution is -0.384. The van der Waals surface area contributed by atoms with E-state index in [0.717, 1.165) is 4.90 Å². The molecule has 2 amide bonds. The number of hydrogen-bond donors (Lipinski definition) is 1. The van der Waals surface area contributed by atoms with E-state index in [2.05, 4.69) is 5.32 Å². The first-order chi connectivity index (χ1) is 18.6. The Morgan fingerprint density at radius 3 is 2.59 bits per heavy atom. The zero-order valence-corrected chi connectivity index (χ0v) is 24.6. The average Bonchev–Trinajstić information content (AvgIpc) is 2.88. The first-order valence-electron chi connectivity index (χ1n) is 11.3. The van der Waals surface area contributed by atoms with Crippen LogP contribution in [0.1, 0.15) is 18.1 Å². The molecule has 0 atom stereocenters. The standard InChI is InChI=1S/C26H18Cl2IN3O6S/c1-2-37-21-12-15(11-19(29)23(21)38-13-14-5-3-6-16(9-14)32(35)36)10-17-24(33)30-26(39)31(25(17)34)20-8-4-7-18(27)22(20)28/h3-12H,2,13H2,1H3,(H,30,33,39)/b17-10+. The van der Waals surface area contributed by atoms with Gasteiger partial charge in [0.2, 0.25) is 0 Å². The topological polar surface area (TPSA) is 111 Å². The number of nitro benzene ring substituents is 1. The molecule has 13 heteroatoms. The van der Waals surface area contributed by atoms with Gasteiger partial charge in [-0.2, -0.15) is 0 Å². The van der Waals surface area contributed by atoms with E-state index < -0.39 is 16.7 Å². The van der Waals surface area contributed by atoms with E-state index in [1.807, 2.05) is 22.6 Å². The van der Waals surface area contributed by atoms with E-state index >= 15 is 0 Å². The highest BCUT2D eigenvalue weighted by Gasteiger charge is 2.35. The van der Waals surface area contributed by atoms with Crippen molar-refractivity contribution in [3.05, 3.63) is 95.0 Å². The van der Waals surface area contributed by atoms with Crippen LogP contribution in [0.2, 0.25) is 10.0 Å². The molecule has 0 aliphatic carbocycles. The maximum atomic E-state index is 13.4. The van der Waals surface area contributed by atoms with Gasteiger partial charge < -0.3 is 9.47 Å². The summed E-state index contributed by atoms with van der Waals surface area (Å²) in [6.45, 7) is 2.18. The van der Waals surface area contributed by atoms with Gasteiger partial charge in [0.25, 0.3) is 17.5 Å². The molecular weight excluding hydrogens is 680 g/mol. The summed E-state index contributed by atoms with van der Waals surface area (Å²) < 4.78 is 12.4. The molecule has 3 aromatic rings. The number of hydrogen-bond acceptors (Lipinski definition) is 7. The summed E-state index contributed by atoms with van der Waals surface area (Å²) in [4.78, 5) is 37.9. The zero-order chi connectivity index (χ0) is 28.3. The summed E-state index contributed by atoms with van der Waals surface area (Å²) >= 11 is 19.7. The van der Waals surface area contributed by atoms with Crippen LogP contribution in [0.5, 0.6) is 11.5 Å². The third-order valence-corrected chi connectivity index (χ3v) is 7.32. The summed E-state index contributed by atoms with van der Waals surface area (Å²) in [7, 11) is 0. The molecule has 0 bridgehead atoms. The van der Waals surface area contributed by atoms with Gasteiger partial charge in [-0.3, -0.25) is 29.9 Å². The van der Waals surface area contributed by atoms with Crippen LogP contribution in [0, 0.1) is 13.7 Å². The molecule has 3 aromatic carbocycles. The summed E-state index contributed by atoms with van der Waals surface area (Å²) in [6, 6.07) is 14.2. The van der Waals surface area contributed by atoms with Crippen LogP contribution >= 0.6 is 58.0 Å². The molecule has 1 N–H and O–H groups in total. The van der Waals surface area contributed by atoms with Crippen LogP contribution in [0.25, 0.3) is 6.08 Å². The van der Waals surface area contributed by atoms with Gasteiger partial charge >= 0.3 is 0 Å². The number of carbonyl (C=O) groups excluding carboxylic acids is 2. The molecular formula is C26H18Cl2IN3O6S. The maximum Gasteiger partial charge on any atom is 0.270 e. The van der Waals surface area contributed by atoms with E-state index in [9.17, 15) is 19.7 Å². The third kappa shape index (κ3) is 6.32. The predicted molar refractivity (Wildman–Crippen MR) is 160 cm³/mol. The number of benzene rings is 3.